The van der Waals surface area contributed by atoms with Gasteiger partial charge in [0.2, 0.25) is 0 Å². The van der Waals surface area contributed by atoms with Crippen molar-refractivity contribution in [1.82, 2.24) is 14.1 Å². The van der Waals surface area contributed by atoms with Crippen molar-refractivity contribution in [3.05, 3.63) is 225 Å². The van der Waals surface area contributed by atoms with Crippen molar-refractivity contribution in [2.24, 2.45) is 0 Å². The van der Waals surface area contributed by atoms with E-state index in [1.165, 1.54) is 32.9 Å². The van der Waals surface area contributed by atoms with Gasteiger partial charge in [0.15, 0.2) is 0 Å². The maximum absolute atomic E-state index is 4.09. The SMILES string of the molecule is C.CC.CC.CC.CC.[CH2-]c1cn(Cc2ccccc2)c2ccccc12.[CH2-]c1cn(Cc2ccccc2)c2ccccc12.[Y].[Y].[c-]1ccccc1.[c-]1ccncc1. The number of pyridine rings is 1. The summed E-state index contributed by atoms with van der Waals surface area (Å²) in [6.45, 7) is 26.0. The van der Waals surface area contributed by atoms with Crippen molar-refractivity contribution in [3.8, 4) is 0 Å². The first-order chi connectivity index (χ1) is 26.7. The molecule has 0 aliphatic carbocycles. The molecule has 0 bridgehead atoms. The largest absolute Gasteiger partial charge is 0.406 e. The van der Waals surface area contributed by atoms with Crippen molar-refractivity contribution in [1.29, 1.82) is 0 Å². The van der Waals surface area contributed by atoms with Gasteiger partial charge < -0.3 is 14.1 Å². The molecule has 0 unspecified atom stereocenters. The summed E-state index contributed by atoms with van der Waals surface area (Å²) in [7, 11) is 0. The molecule has 0 N–H and O–H groups in total. The first kappa shape index (κ1) is 57.6. The van der Waals surface area contributed by atoms with Gasteiger partial charge in [0.25, 0.3) is 0 Å². The van der Waals surface area contributed by atoms with Crippen LogP contribution in [0.5, 0.6) is 0 Å². The summed E-state index contributed by atoms with van der Waals surface area (Å²) in [6.07, 6.45) is 7.63. The zero-order valence-corrected chi connectivity index (χ0v) is 40.7. The molecule has 0 amide bonds. The first-order valence-electron chi connectivity index (χ1n) is 19.2. The Morgan fingerprint density at radius 3 is 1.04 bits per heavy atom. The van der Waals surface area contributed by atoms with Gasteiger partial charge in [0.05, 0.1) is 0 Å². The van der Waals surface area contributed by atoms with E-state index in [0.29, 0.717) is 0 Å². The molecule has 0 fully saturated rings. The predicted molar refractivity (Wildman–Crippen MR) is 244 cm³/mol. The summed E-state index contributed by atoms with van der Waals surface area (Å²) >= 11 is 0. The van der Waals surface area contributed by atoms with Gasteiger partial charge in [0, 0.05) is 78.5 Å². The van der Waals surface area contributed by atoms with Crippen molar-refractivity contribution in [2.75, 3.05) is 0 Å². The van der Waals surface area contributed by atoms with Crippen molar-refractivity contribution >= 4 is 21.8 Å². The number of para-hydroxylation sites is 2. The van der Waals surface area contributed by atoms with Gasteiger partial charge in [-0.2, -0.15) is 79.6 Å². The molecule has 0 aliphatic heterocycles. The van der Waals surface area contributed by atoms with Gasteiger partial charge in [-0.05, 0) is 22.2 Å². The number of hydrogen-bond donors (Lipinski definition) is 0. The molecular formula is C52H65N3Y2-4. The minimum atomic E-state index is 0. The third-order valence-electron chi connectivity index (χ3n) is 7.25. The van der Waals surface area contributed by atoms with Crippen molar-refractivity contribution in [3.63, 3.8) is 0 Å². The number of aromatic nitrogens is 3. The number of rotatable bonds is 4. The molecule has 8 aromatic rings. The van der Waals surface area contributed by atoms with Gasteiger partial charge in [0.1, 0.15) is 0 Å². The van der Waals surface area contributed by atoms with Crippen LogP contribution in [0, 0.1) is 26.0 Å². The summed E-state index contributed by atoms with van der Waals surface area (Å²) in [5.41, 5.74) is 7.32. The van der Waals surface area contributed by atoms with Crippen LogP contribution >= 0.6 is 0 Å². The van der Waals surface area contributed by atoms with E-state index in [4.69, 9.17) is 0 Å². The zero-order valence-electron chi connectivity index (χ0n) is 35.1. The average Bonchev–Trinajstić information content (AvgIpc) is 3.77. The molecule has 3 nitrogen and oxygen atoms in total. The smallest absolute Gasteiger partial charge is 0.0346 e. The zero-order chi connectivity index (χ0) is 39.8. The van der Waals surface area contributed by atoms with Gasteiger partial charge in [-0.3, -0.25) is 0 Å². The van der Waals surface area contributed by atoms with Crippen LogP contribution in [0.2, 0.25) is 0 Å². The van der Waals surface area contributed by atoms with Crippen LogP contribution < -0.4 is 0 Å². The van der Waals surface area contributed by atoms with E-state index in [0.717, 1.165) is 24.2 Å². The number of fused-ring (bicyclic) bond motifs is 2. The topological polar surface area (TPSA) is 22.8 Å². The Hall–Kier alpha value is -3.72. The quantitative estimate of drug-likeness (QED) is 0.161. The molecule has 298 valence electrons. The maximum atomic E-state index is 4.09. The molecule has 0 atom stereocenters. The molecule has 3 heterocycles. The fourth-order valence-corrected chi connectivity index (χ4v) is 5.09. The van der Waals surface area contributed by atoms with Crippen LogP contribution in [0.15, 0.2) is 176 Å². The molecule has 8 rings (SSSR count). The molecule has 5 heteroatoms. The van der Waals surface area contributed by atoms with E-state index in [9.17, 15) is 0 Å². The monoisotopic (exact) mass is 909 g/mol. The molecule has 0 aliphatic rings. The minimum absolute atomic E-state index is 0. The Balaban J connectivity index is -0.000000679. The Bertz CT molecular complexity index is 1800. The first-order valence-corrected chi connectivity index (χ1v) is 19.2. The molecule has 0 saturated carbocycles. The van der Waals surface area contributed by atoms with E-state index in [2.05, 4.69) is 150 Å². The van der Waals surface area contributed by atoms with Crippen molar-refractivity contribution < 1.29 is 65.4 Å². The fraction of sp³-hybridized carbons (Fsp3) is 0.212. The summed E-state index contributed by atoms with van der Waals surface area (Å²) in [5, 5.41) is 2.48. The Kier molecular flexibility index (Phi) is 38.2. The number of nitrogens with zero attached hydrogens (tertiary/aromatic N) is 3. The minimum Gasteiger partial charge on any atom is -0.406 e. The van der Waals surface area contributed by atoms with Crippen LogP contribution in [0.3, 0.4) is 0 Å². The fourth-order valence-electron chi connectivity index (χ4n) is 5.09. The van der Waals surface area contributed by atoms with E-state index >= 15 is 0 Å². The van der Waals surface area contributed by atoms with Gasteiger partial charge >= 0.3 is 0 Å². The molecule has 0 spiro atoms. The summed E-state index contributed by atoms with van der Waals surface area (Å²) in [4.78, 5) is 3.75. The predicted octanol–water partition coefficient (Wildman–Crippen LogP) is 14.8. The van der Waals surface area contributed by atoms with Gasteiger partial charge in [-0.15, -0.1) is 22.9 Å². The van der Waals surface area contributed by atoms with Crippen molar-refractivity contribution in [2.45, 2.75) is 75.9 Å². The van der Waals surface area contributed by atoms with Gasteiger partial charge in [-0.1, -0.05) is 185 Å². The second-order valence-electron chi connectivity index (χ2n) is 10.6. The van der Waals surface area contributed by atoms with Crippen LogP contribution in [-0.2, 0) is 78.5 Å². The maximum Gasteiger partial charge on any atom is 0.0346 e. The summed E-state index contributed by atoms with van der Waals surface area (Å²) in [6, 6.07) is 56.7. The molecule has 57 heavy (non-hydrogen) atoms. The van der Waals surface area contributed by atoms with E-state index < -0.39 is 0 Å². The normalized spacial score (nSPS) is 8.56. The van der Waals surface area contributed by atoms with Gasteiger partial charge in [-0.25, -0.2) is 0 Å². The average molecular weight is 910 g/mol. The molecule has 2 radical (unpaired) electrons. The third-order valence-corrected chi connectivity index (χ3v) is 7.25. The molecular weight excluding hydrogens is 844 g/mol. The van der Waals surface area contributed by atoms with Crippen LogP contribution in [0.25, 0.3) is 21.8 Å². The van der Waals surface area contributed by atoms with E-state index in [1.807, 2.05) is 97.9 Å². The Morgan fingerprint density at radius 1 is 0.439 bits per heavy atom. The Morgan fingerprint density at radius 2 is 0.754 bits per heavy atom. The van der Waals surface area contributed by atoms with Crippen LogP contribution in [0.1, 0.15) is 85.1 Å². The Labute approximate surface area is 398 Å². The van der Waals surface area contributed by atoms with Crippen LogP contribution in [0.4, 0.5) is 0 Å². The molecule has 3 aromatic heterocycles. The van der Waals surface area contributed by atoms with E-state index in [-0.39, 0.29) is 72.8 Å². The molecule has 0 saturated heterocycles. The summed E-state index contributed by atoms with van der Waals surface area (Å²) < 4.78 is 4.51. The second-order valence-corrected chi connectivity index (χ2v) is 10.6. The molecule has 5 aromatic carbocycles. The number of benzene rings is 5. The second kappa shape index (κ2) is 37.8. The summed E-state index contributed by atoms with van der Waals surface area (Å²) in [5.74, 6) is 0. The number of hydrogen-bond acceptors (Lipinski definition) is 1. The third kappa shape index (κ3) is 21.6. The van der Waals surface area contributed by atoms with Crippen LogP contribution in [-0.4, -0.2) is 14.1 Å². The van der Waals surface area contributed by atoms with E-state index in [1.54, 1.807) is 24.5 Å². The standard InChI is InChI=1S/2C16H14N.C6H5.C5H4N.4C2H6.CH4.2Y/c2*1-13-11-17(12-14-7-3-2-4-8-14)16-10-6-5-9-15(13)16;2*1-2-4-6-5-3-1;4*1-2;;;/h2*2-11H,1,12H2;1-5H;2-5H;4*1-2H3;1H4;;/q4*-1;;;;;;;.